The highest BCUT2D eigenvalue weighted by molar-refractivity contribution is 7.85. The van der Waals surface area contributed by atoms with Crippen LogP contribution < -0.4 is 4.90 Å². The van der Waals surface area contributed by atoms with Gasteiger partial charge in [0.25, 0.3) is 10.1 Å². The van der Waals surface area contributed by atoms with Gasteiger partial charge in [-0.1, -0.05) is 0 Å². The van der Waals surface area contributed by atoms with Crippen LogP contribution in [0.1, 0.15) is 24.8 Å². The second kappa shape index (κ2) is 9.53. The maximum absolute atomic E-state index is 14.8. The summed E-state index contributed by atoms with van der Waals surface area (Å²) in [5.74, 6) is -0.586. The maximum atomic E-state index is 14.8. The van der Waals surface area contributed by atoms with Gasteiger partial charge in [0.15, 0.2) is 12.1 Å². The number of aromatic nitrogens is 2. The van der Waals surface area contributed by atoms with Gasteiger partial charge in [-0.2, -0.15) is 13.5 Å². The number of amides is 1. The first-order valence-electron chi connectivity index (χ1n) is 10.2. The monoisotopic (exact) mass is 469 g/mol. The lowest BCUT2D eigenvalue weighted by Gasteiger charge is -2.22. The van der Waals surface area contributed by atoms with Crippen molar-refractivity contribution in [3.63, 3.8) is 0 Å². The van der Waals surface area contributed by atoms with Crippen LogP contribution in [0.2, 0.25) is 0 Å². The molecule has 2 aromatic rings. The van der Waals surface area contributed by atoms with Crippen molar-refractivity contribution >= 4 is 21.9 Å². The van der Waals surface area contributed by atoms with Crippen LogP contribution in [-0.2, 0) is 35.1 Å². The molecule has 2 atom stereocenters. The van der Waals surface area contributed by atoms with Crippen LogP contribution in [0.15, 0.2) is 30.6 Å². The molecule has 4 rings (SSSR count). The number of rotatable bonds is 8. The molecule has 2 saturated heterocycles. The molecular formula is C20H24FN3O7S. The summed E-state index contributed by atoms with van der Waals surface area (Å²) in [6.07, 6.45) is 5.43. The van der Waals surface area contributed by atoms with Crippen molar-refractivity contribution in [2.45, 2.75) is 38.3 Å². The van der Waals surface area contributed by atoms with Crippen LogP contribution in [0.25, 0.3) is 5.69 Å². The second-order valence-corrected chi connectivity index (χ2v) is 9.28. The molecule has 1 aromatic carbocycles. The molecule has 0 aliphatic carbocycles. The minimum atomic E-state index is -3.66. The Balaban J connectivity index is 1.39. The molecule has 32 heavy (non-hydrogen) atoms. The minimum Gasteiger partial charge on any atom is -0.441 e. The number of hydrogen-bond acceptors (Lipinski definition) is 8. The SMILES string of the molecule is CS(=O)(=O)OC[C@H]1CN(c2ccc(-n3cc(COC4CCCCO4)cn3)c(F)c2)C(=O)O1. The van der Waals surface area contributed by atoms with E-state index in [1.165, 1.54) is 21.7 Å². The third-order valence-corrected chi connectivity index (χ3v) is 5.61. The zero-order valence-corrected chi connectivity index (χ0v) is 18.3. The smallest absolute Gasteiger partial charge is 0.414 e. The Bertz CT molecular complexity index is 1070. The van der Waals surface area contributed by atoms with Crippen molar-refractivity contribution in [1.82, 2.24) is 9.78 Å². The number of benzene rings is 1. The first kappa shape index (κ1) is 22.6. The molecule has 0 spiro atoms. The largest absolute Gasteiger partial charge is 0.441 e. The van der Waals surface area contributed by atoms with E-state index in [0.717, 1.165) is 31.1 Å². The van der Waals surface area contributed by atoms with E-state index < -0.39 is 28.1 Å². The standard InChI is InChI=1S/C20H24FN3O7S/c1-32(26,27)30-13-16-11-23(20(25)31-16)15-5-6-18(17(21)8-15)24-10-14(9-22-24)12-29-19-4-2-3-7-28-19/h5-6,8-10,16,19H,2-4,7,11-13H2,1H3/t16-,19?/m1/s1. The summed E-state index contributed by atoms with van der Waals surface area (Å²) < 4.78 is 59.4. The maximum Gasteiger partial charge on any atom is 0.414 e. The fourth-order valence-electron chi connectivity index (χ4n) is 3.47. The number of hydrogen-bond donors (Lipinski definition) is 0. The van der Waals surface area contributed by atoms with Crippen molar-refractivity contribution in [3.05, 3.63) is 42.0 Å². The number of halogens is 1. The fraction of sp³-hybridized carbons (Fsp3) is 0.500. The molecule has 10 nitrogen and oxygen atoms in total. The number of anilines is 1. The van der Waals surface area contributed by atoms with E-state index in [1.54, 1.807) is 18.5 Å². The van der Waals surface area contributed by atoms with Crippen molar-refractivity contribution in [1.29, 1.82) is 0 Å². The molecule has 1 aromatic heterocycles. The van der Waals surface area contributed by atoms with E-state index in [-0.39, 0.29) is 30.8 Å². The van der Waals surface area contributed by atoms with Gasteiger partial charge in [0.05, 0.1) is 31.3 Å². The third kappa shape index (κ3) is 5.63. The average Bonchev–Trinajstić information content (AvgIpc) is 3.37. The molecule has 174 valence electrons. The lowest BCUT2D eigenvalue weighted by atomic mass is 10.2. The van der Waals surface area contributed by atoms with E-state index >= 15 is 0 Å². The first-order valence-corrected chi connectivity index (χ1v) is 12.0. The van der Waals surface area contributed by atoms with Crippen LogP contribution in [0.4, 0.5) is 14.9 Å². The summed E-state index contributed by atoms with van der Waals surface area (Å²) in [7, 11) is -3.66. The van der Waals surface area contributed by atoms with E-state index in [9.17, 15) is 17.6 Å². The summed E-state index contributed by atoms with van der Waals surface area (Å²) in [6, 6.07) is 4.26. The molecule has 2 aliphatic heterocycles. The highest BCUT2D eigenvalue weighted by Crippen LogP contribution is 2.26. The Morgan fingerprint density at radius 1 is 1.31 bits per heavy atom. The Morgan fingerprint density at radius 2 is 2.16 bits per heavy atom. The number of ether oxygens (including phenoxy) is 3. The number of nitrogens with zero attached hydrogens (tertiary/aromatic N) is 3. The molecule has 1 unspecified atom stereocenters. The van der Waals surface area contributed by atoms with Gasteiger partial charge < -0.3 is 14.2 Å². The Morgan fingerprint density at radius 3 is 2.88 bits per heavy atom. The molecule has 2 fully saturated rings. The molecule has 0 N–H and O–H groups in total. The first-order chi connectivity index (χ1) is 15.3. The van der Waals surface area contributed by atoms with Crippen LogP contribution in [0, 0.1) is 5.82 Å². The topological polar surface area (TPSA) is 109 Å². The van der Waals surface area contributed by atoms with Crippen molar-refractivity contribution in [3.8, 4) is 5.69 Å². The predicted molar refractivity (Wildman–Crippen MR) is 110 cm³/mol. The zero-order valence-electron chi connectivity index (χ0n) is 17.5. The normalized spacial score (nSPS) is 21.7. The lowest BCUT2D eigenvalue weighted by molar-refractivity contribution is -0.168. The van der Waals surface area contributed by atoms with Gasteiger partial charge in [-0.15, -0.1) is 0 Å². The van der Waals surface area contributed by atoms with Gasteiger partial charge in [-0.3, -0.25) is 9.08 Å². The molecular weight excluding hydrogens is 445 g/mol. The highest BCUT2D eigenvalue weighted by Gasteiger charge is 2.33. The summed E-state index contributed by atoms with van der Waals surface area (Å²) in [4.78, 5) is 13.3. The molecule has 2 aliphatic rings. The molecule has 0 saturated carbocycles. The van der Waals surface area contributed by atoms with Gasteiger partial charge >= 0.3 is 6.09 Å². The van der Waals surface area contributed by atoms with E-state index in [1.807, 2.05) is 0 Å². The third-order valence-electron chi connectivity index (χ3n) is 5.04. The van der Waals surface area contributed by atoms with Crippen LogP contribution in [0.3, 0.4) is 0 Å². The van der Waals surface area contributed by atoms with Gasteiger partial charge in [0, 0.05) is 18.4 Å². The highest BCUT2D eigenvalue weighted by atomic mass is 32.2. The van der Waals surface area contributed by atoms with E-state index in [4.69, 9.17) is 14.2 Å². The molecule has 3 heterocycles. The summed E-state index contributed by atoms with van der Waals surface area (Å²) >= 11 is 0. The number of carbonyl (C=O) groups is 1. The fourth-order valence-corrected chi connectivity index (χ4v) is 3.87. The second-order valence-electron chi connectivity index (χ2n) is 7.64. The number of carbonyl (C=O) groups excluding carboxylic acids is 1. The predicted octanol–water partition coefficient (Wildman–Crippen LogP) is 2.36. The molecule has 0 radical (unpaired) electrons. The summed E-state index contributed by atoms with van der Waals surface area (Å²) in [6.45, 7) is 0.740. The molecule has 1 amide bonds. The Kier molecular flexibility index (Phi) is 6.74. The Labute approximate surface area is 184 Å². The van der Waals surface area contributed by atoms with Crippen LogP contribution >= 0.6 is 0 Å². The van der Waals surface area contributed by atoms with Gasteiger partial charge in [0.1, 0.15) is 18.4 Å². The molecule has 0 bridgehead atoms. The van der Waals surface area contributed by atoms with Gasteiger partial charge in [-0.25, -0.2) is 13.9 Å². The van der Waals surface area contributed by atoms with Gasteiger partial charge in [-0.05, 0) is 37.5 Å². The van der Waals surface area contributed by atoms with Gasteiger partial charge in [0.2, 0.25) is 0 Å². The summed E-state index contributed by atoms with van der Waals surface area (Å²) in [5, 5.41) is 4.19. The molecule has 12 heteroatoms. The summed E-state index contributed by atoms with van der Waals surface area (Å²) in [5.41, 5.74) is 1.26. The number of cyclic esters (lactones) is 1. The van der Waals surface area contributed by atoms with Crippen LogP contribution in [-0.4, -0.2) is 62.7 Å². The average molecular weight is 469 g/mol. The van der Waals surface area contributed by atoms with E-state index in [0.29, 0.717) is 13.2 Å². The Hall–Kier alpha value is -2.54. The van der Waals surface area contributed by atoms with Crippen molar-refractivity contribution < 1.29 is 36.0 Å². The van der Waals surface area contributed by atoms with E-state index in [2.05, 4.69) is 9.28 Å². The quantitative estimate of drug-likeness (QED) is 0.542. The lowest BCUT2D eigenvalue weighted by Crippen LogP contribution is -2.26. The van der Waals surface area contributed by atoms with Crippen molar-refractivity contribution in [2.24, 2.45) is 0 Å². The van der Waals surface area contributed by atoms with Crippen LogP contribution in [0.5, 0.6) is 0 Å². The zero-order chi connectivity index (χ0) is 22.7. The minimum absolute atomic E-state index is 0.0413. The van der Waals surface area contributed by atoms with Crippen molar-refractivity contribution in [2.75, 3.05) is 30.9 Å².